The van der Waals surface area contributed by atoms with Gasteiger partial charge in [0.2, 0.25) is 11.8 Å². The molecule has 0 spiro atoms. The molecule has 0 N–H and O–H groups in total. The first-order chi connectivity index (χ1) is 6.43. The average Bonchev–Trinajstić information content (AvgIpc) is 2.32. The first-order valence-corrected chi connectivity index (χ1v) is 4.93. The second-order valence-electron chi connectivity index (χ2n) is 4.23. The third kappa shape index (κ3) is 2.05. The number of hydrogen-bond donors (Lipinski definition) is 0. The van der Waals surface area contributed by atoms with Gasteiger partial charge in [-0.15, -0.1) is 0 Å². The van der Waals surface area contributed by atoms with E-state index < -0.39 is 0 Å². The highest BCUT2D eigenvalue weighted by Gasteiger charge is 2.34. The molecule has 0 aromatic rings. The van der Waals surface area contributed by atoms with Gasteiger partial charge >= 0.3 is 0 Å². The minimum Gasteiger partial charge on any atom is -0.347 e. The molecule has 4 heteroatoms. The van der Waals surface area contributed by atoms with Crippen LogP contribution in [-0.2, 0) is 9.59 Å². The molecule has 1 aliphatic rings. The van der Waals surface area contributed by atoms with Crippen LogP contribution in [0.2, 0.25) is 0 Å². The lowest BCUT2D eigenvalue weighted by Gasteiger charge is -2.24. The third-order valence-corrected chi connectivity index (χ3v) is 2.94. The molecule has 0 bridgehead atoms. The average molecular weight is 198 g/mol. The fourth-order valence-corrected chi connectivity index (χ4v) is 1.62. The van der Waals surface area contributed by atoms with Gasteiger partial charge in [-0.1, -0.05) is 6.92 Å². The Morgan fingerprint density at radius 3 is 2.43 bits per heavy atom. The van der Waals surface area contributed by atoms with Crippen molar-refractivity contribution in [3.05, 3.63) is 0 Å². The van der Waals surface area contributed by atoms with Gasteiger partial charge in [0.1, 0.15) is 0 Å². The Morgan fingerprint density at radius 2 is 2.07 bits per heavy atom. The van der Waals surface area contributed by atoms with Crippen LogP contribution in [0.1, 0.15) is 20.3 Å². The molecule has 0 saturated carbocycles. The van der Waals surface area contributed by atoms with Crippen molar-refractivity contribution < 1.29 is 9.59 Å². The van der Waals surface area contributed by atoms with E-state index in [1.807, 2.05) is 13.8 Å². The second kappa shape index (κ2) is 3.98. The number of carbonyl (C=O) groups excluding carboxylic acids is 2. The zero-order valence-electron chi connectivity index (χ0n) is 9.28. The van der Waals surface area contributed by atoms with Crippen LogP contribution in [0, 0.1) is 5.92 Å². The summed E-state index contributed by atoms with van der Waals surface area (Å²) < 4.78 is 0. The molecular formula is C10H18N2O2. The number of hydrogen-bond acceptors (Lipinski definition) is 2. The van der Waals surface area contributed by atoms with E-state index in [0.717, 1.165) is 0 Å². The first-order valence-electron chi connectivity index (χ1n) is 4.93. The first kappa shape index (κ1) is 11.0. The van der Waals surface area contributed by atoms with E-state index in [2.05, 4.69) is 0 Å². The van der Waals surface area contributed by atoms with Gasteiger partial charge in [-0.05, 0) is 12.8 Å². The van der Waals surface area contributed by atoms with Crippen molar-refractivity contribution >= 4 is 11.8 Å². The van der Waals surface area contributed by atoms with Crippen molar-refractivity contribution in [2.75, 3.05) is 20.6 Å². The quantitative estimate of drug-likeness (QED) is 0.641. The summed E-state index contributed by atoms with van der Waals surface area (Å²) in [5.74, 6) is 0.442. The molecule has 0 aromatic heterocycles. The molecule has 0 unspecified atom stereocenters. The number of likely N-dealkylation sites (N-methyl/N-ethyl adjacent to an activating group) is 1. The monoisotopic (exact) mass is 198 g/mol. The Kier molecular flexibility index (Phi) is 3.13. The van der Waals surface area contributed by atoms with Crippen molar-refractivity contribution in [3.63, 3.8) is 0 Å². The molecule has 0 aromatic carbocycles. The number of likely N-dealkylation sites (tertiary alicyclic amines) is 1. The fourth-order valence-electron chi connectivity index (χ4n) is 1.62. The highest BCUT2D eigenvalue weighted by atomic mass is 16.2. The van der Waals surface area contributed by atoms with E-state index in [1.165, 1.54) is 4.90 Å². The van der Waals surface area contributed by atoms with Crippen LogP contribution in [-0.4, -0.2) is 48.3 Å². The Morgan fingerprint density at radius 1 is 1.50 bits per heavy atom. The van der Waals surface area contributed by atoms with Gasteiger partial charge in [0.05, 0.1) is 6.54 Å². The minimum absolute atomic E-state index is 0.0145. The van der Waals surface area contributed by atoms with E-state index in [4.69, 9.17) is 0 Å². The second-order valence-corrected chi connectivity index (χ2v) is 4.23. The molecule has 80 valence electrons. The van der Waals surface area contributed by atoms with E-state index in [-0.39, 0.29) is 24.4 Å². The smallest absolute Gasteiger partial charge is 0.241 e. The van der Waals surface area contributed by atoms with Gasteiger partial charge in [0, 0.05) is 26.6 Å². The molecule has 1 rings (SSSR count). The predicted octanol–water partition coefficient (Wildman–Crippen LogP) is 0.332. The molecule has 14 heavy (non-hydrogen) atoms. The lowest BCUT2D eigenvalue weighted by Crippen LogP contribution is -2.41. The SMILES string of the molecule is C[C@@H]1CC(=O)N(CC(=O)N(C)C)[C@H]1C. The van der Waals surface area contributed by atoms with Gasteiger partial charge in [0.15, 0.2) is 0 Å². The summed E-state index contributed by atoms with van der Waals surface area (Å²) in [4.78, 5) is 26.1. The van der Waals surface area contributed by atoms with Crippen LogP contribution in [0.15, 0.2) is 0 Å². The van der Waals surface area contributed by atoms with E-state index >= 15 is 0 Å². The summed E-state index contributed by atoms with van der Waals surface area (Å²) in [7, 11) is 3.41. The number of rotatable bonds is 2. The van der Waals surface area contributed by atoms with Crippen molar-refractivity contribution in [3.8, 4) is 0 Å². The molecular weight excluding hydrogens is 180 g/mol. The highest BCUT2D eigenvalue weighted by Crippen LogP contribution is 2.24. The molecule has 4 nitrogen and oxygen atoms in total. The van der Waals surface area contributed by atoms with Crippen LogP contribution >= 0.6 is 0 Å². The van der Waals surface area contributed by atoms with Crippen LogP contribution in [0.4, 0.5) is 0 Å². The topological polar surface area (TPSA) is 40.6 Å². The van der Waals surface area contributed by atoms with Crippen molar-refractivity contribution in [2.24, 2.45) is 5.92 Å². The van der Waals surface area contributed by atoms with E-state index in [9.17, 15) is 9.59 Å². The summed E-state index contributed by atoms with van der Waals surface area (Å²) in [6.45, 7) is 4.26. The largest absolute Gasteiger partial charge is 0.347 e. The molecule has 2 amide bonds. The Balaban J connectivity index is 2.60. The number of carbonyl (C=O) groups is 2. The molecule has 0 aliphatic carbocycles. The molecule has 1 fully saturated rings. The van der Waals surface area contributed by atoms with Crippen LogP contribution in [0.25, 0.3) is 0 Å². The zero-order chi connectivity index (χ0) is 10.9. The number of amides is 2. The summed E-state index contributed by atoms with van der Waals surface area (Å²) >= 11 is 0. The fraction of sp³-hybridized carbons (Fsp3) is 0.800. The maximum Gasteiger partial charge on any atom is 0.241 e. The van der Waals surface area contributed by atoms with Crippen LogP contribution < -0.4 is 0 Å². The molecule has 2 atom stereocenters. The summed E-state index contributed by atoms with van der Waals surface area (Å²) in [6, 6.07) is 0.186. The molecule has 1 aliphatic heterocycles. The van der Waals surface area contributed by atoms with E-state index in [1.54, 1.807) is 19.0 Å². The summed E-state index contributed by atoms with van der Waals surface area (Å²) in [5, 5.41) is 0. The number of nitrogens with zero attached hydrogens (tertiary/aromatic N) is 2. The van der Waals surface area contributed by atoms with Gasteiger partial charge in [0.25, 0.3) is 0 Å². The van der Waals surface area contributed by atoms with Gasteiger partial charge in [-0.3, -0.25) is 9.59 Å². The highest BCUT2D eigenvalue weighted by molar-refractivity contribution is 5.86. The Labute approximate surface area is 84.9 Å². The lowest BCUT2D eigenvalue weighted by atomic mass is 10.1. The lowest BCUT2D eigenvalue weighted by molar-refractivity contribution is -0.137. The van der Waals surface area contributed by atoms with Gasteiger partial charge < -0.3 is 9.80 Å². The summed E-state index contributed by atoms with van der Waals surface area (Å²) in [6.07, 6.45) is 0.571. The van der Waals surface area contributed by atoms with Crippen molar-refractivity contribution in [2.45, 2.75) is 26.3 Å². The zero-order valence-corrected chi connectivity index (χ0v) is 9.28. The standard InChI is InChI=1S/C10H18N2O2/c1-7-5-9(13)12(8(7)2)6-10(14)11(3)4/h7-8H,5-6H2,1-4H3/t7-,8+/m1/s1. The Bertz CT molecular complexity index is 251. The van der Waals surface area contributed by atoms with Crippen LogP contribution in [0.3, 0.4) is 0 Å². The van der Waals surface area contributed by atoms with Crippen molar-refractivity contribution in [1.29, 1.82) is 0 Å². The predicted molar refractivity (Wildman–Crippen MR) is 53.7 cm³/mol. The van der Waals surface area contributed by atoms with Gasteiger partial charge in [-0.25, -0.2) is 0 Å². The van der Waals surface area contributed by atoms with Crippen LogP contribution in [0.5, 0.6) is 0 Å². The van der Waals surface area contributed by atoms with Crippen molar-refractivity contribution in [1.82, 2.24) is 9.80 Å². The molecule has 1 heterocycles. The maximum absolute atomic E-state index is 11.5. The van der Waals surface area contributed by atoms with Gasteiger partial charge in [-0.2, -0.15) is 0 Å². The Hall–Kier alpha value is -1.06. The molecule has 1 saturated heterocycles. The normalized spacial score (nSPS) is 26.9. The van der Waals surface area contributed by atoms with E-state index in [0.29, 0.717) is 12.3 Å². The molecule has 0 radical (unpaired) electrons. The summed E-state index contributed by atoms with van der Waals surface area (Å²) in [5.41, 5.74) is 0. The minimum atomic E-state index is -0.0145. The maximum atomic E-state index is 11.5. The third-order valence-electron chi connectivity index (χ3n) is 2.94.